The molecular weight excluding hydrogens is 246 g/mol. The predicted molar refractivity (Wildman–Crippen MR) is 89.3 cm³/mol. The second-order valence-corrected chi connectivity index (χ2v) is 6.25. The molecule has 0 bridgehead atoms. The van der Waals surface area contributed by atoms with E-state index in [4.69, 9.17) is 5.73 Å². The molecule has 1 atom stereocenters. The van der Waals surface area contributed by atoms with E-state index in [-0.39, 0.29) is 6.04 Å². The molecule has 2 N–H and O–H groups in total. The Morgan fingerprint density at radius 1 is 1.05 bits per heavy atom. The summed E-state index contributed by atoms with van der Waals surface area (Å²) in [5.74, 6) is 0.662. The predicted octanol–water partition coefficient (Wildman–Crippen LogP) is 3.12. The van der Waals surface area contributed by atoms with Crippen molar-refractivity contribution in [3.05, 3.63) is 29.8 Å². The Balaban J connectivity index is 2.79. The summed E-state index contributed by atoms with van der Waals surface area (Å²) < 4.78 is 0. The largest absolute Gasteiger partial charge is 0.370 e. The molecule has 1 aromatic rings. The molecule has 1 rings (SSSR count). The van der Waals surface area contributed by atoms with Gasteiger partial charge in [0.25, 0.3) is 0 Å². The second kappa shape index (κ2) is 8.28. The number of hydrogen-bond acceptors (Lipinski definition) is 3. The molecular formula is C17H31N3. The molecule has 0 aliphatic carbocycles. The zero-order valence-corrected chi connectivity index (χ0v) is 13.8. The highest BCUT2D eigenvalue weighted by Crippen LogP contribution is 2.20. The van der Waals surface area contributed by atoms with Gasteiger partial charge in [-0.3, -0.25) is 0 Å². The molecule has 0 spiro atoms. The van der Waals surface area contributed by atoms with Gasteiger partial charge in [0, 0.05) is 31.4 Å². The summed E-state index contributed by atoms with van der Waals surface area (Å²) in [7, 11) is 4.24. The maximum Gasteiger partial charge on any atom is 0.0366 e. The average Bonchev–Trinajstić information content (AvgIpc) is 2.42. The molecule has 0 heterocycles. The van der Waals surface area contributed by atoms with Crippen molar-refractivity contribution in [3.8, 4) is 0 Å². The van der Waals surface area contributed by atoms with Crippen LogP contribution in [0.4, 0.5) is 5.69 Å². The Bertz CT molecular complexity index is 370. The summed E-state index contributed by atoms with van der Waals surface area (Å²) in [5, 5.41) is 0. The SMILES string of the molecule is CCC(N)c1ccc(N(CCN(C)C)CC(C)C)cc1. The first-order valence-electron chi connectivity index (χ1n) is 7.69. The number of benzene rings is 1. The highest BCUT2D eigenvalue weighted by molar-refractivity contribution is 5.48. The van der Waals surface area contributed by atoms with E-state index >= 15 is 0 Å². The van der Waals surface area contributed by atoms with Gasteiger partial charge in [0.05, 0.1) is 0 Å². The van der Waals surface area contributed by atoms with Crippen molar-refractivity contribution in [1.29, 1.82) is 0 Å². The third-order valence-electron chi connectivity index (χ3n) is 3.53. The highest BCUT2D eigenvalue weighted by Gasteiger charge is 2.10. The standard InChI is InChI=1S/C17H31N3/c1-6-17(18)15-7-9-16(10-8-15)20(13-14(2)3)12-11-19(4)5/h7-10,14,17H,6,11-13,18H2,1-5H3. The molecule has 0 fully saturated rings. The van der Waals surface area contributed by atoms with Gasteiger partial charge in [-0.15, -0.1) is 0 Å². The Morgan fingerprint density at radius 2 is 1.65 bits per heavy atom. The summed E-state index contributed by atoms with van der Waals surface area (Å²) in [6.07, 6.45) is 0.982. The van der Waals surface area contributed by atoms with Crippen molar-refractivity contribution in [3.63, 3.8) is 0 Å². The Hall–Kier alpha value is -1.06. The van der Waals surface area contributed by atoms with Crippen LogP contribution < -0.4 is 10.6 Å². The van der Waals surface area contributed by atoms with Crippen LogP contribution in [0.1, 0.15) is 38.8 Å². The van der Waals surface area contributed by atoms with E-state index in [0.717, 1.165) is 26.1 Å². The van der Waals surface area contributed by atoms with Gasteiger partial charge in [-0.2, -0.15) is 0 Å². The van der Waals surface area contributed by atoms with Crippen molar-refractivity contribution in [2.75, 3.05) is 38.6 Å². The number of rotatable bonds is 8. The molecule has 0 aliphatic heterocycles. The van der Waals surface area contributed by atoms with Gasteiger partial charge < -0.3 is 15.5 Å². The molecule has 0 amide bonds. The van der Waals surface area contributed by atoms with Crippen LogP contribution in [0.2, 0.25) is 0 Å². The van der Waals surface area contributed by atoms with Gasteiger partial charge in [-0.05, 0) is 44.1 Å². The molecule has 0 aliphatic rings. The maximum atomic E-state index is 6.08. The van der Waals surface area contributed by atoms with Crippen LogP contribution in [0, 0.1) is 5.92 Å². The Labute approximate surface area is 124 Å². The first kappa shape index (κ1) is 17.0. The van der Waals surface area contributed by atoms with Gasteiger partial charge in [0.2, 0.25) is 0 Å². The third kappa shape index (κ3) is 5.51. The quantitative estimate of drug-likeness (QED) is 0.792. The Morgan fingerprint density at radius 3 is 2.10 bits per heavy atom. The lowest BCUT2D eigenvalue weighted by Gasteiger charge is -2.28. The summed E-state index contributed by atoms with van der Waals surface area (Å²) in [6.45, 7) is 9.88. The van der Waals surface area contributed by atoms with E-state index in [2.05, 4.69) is 68.9 Å². The first-order chi connectivity index (χ1) is 9.43. The van der Waals surface area contributed by atoms with Gasteiger partial charge in [-0.1, -0.05) is 32.9 Å². The van der Waals surface area contributed by atoms with Crippen LogP contribution in [-0.2, 0) is 0 Å². The van der Waals surface area contributed by atoms with Crippen LogP contribution in [0.5, 0.6) is 0 Å². The first-order valence-corrected chi connectivity index (χ1v) is 7.69. The number of nitrogens with two attached hydrogens (primary N) is 1. The summed E-state index contributed by atoms with van der Waals surface area (Å²) in [4.78, 5) is 4.70. The van der Waals surface area contributed by atoms with Crippen molar-refractivity contribution in [2.45, 2.75) is 33.2 Å². The van der Waals surface area contributed by atoms with Crippen molar-refractivity contribution in [1.82, 2.24) is 4.90 Å². The number of likely N-dealkylation sites (N-methyl/N-ethyl adjacent to an activating group) is 1. The molecule has 3 nitrogen and oxygen atoms in total. The number of anilines is 1. The van der Waals surface area contributed by atoms with Gasteiger partial charge in [0.15, 0.2) is 0 Å². The molecule has 0 saturated heterocycles. The average molecular weight is 277 g/mol. The van der Waals surface area contributed by atoms with E-state index in [0.29, 0.717) is 5.92 Å². The monoisotopic (exact) mass is 277 g/mol. The lowest BCUT2D eigenvalue weighted by Crippen LogP contribution is -2.34. The number of nitrogens with zero attached hydrogens (tertiary/aromatic N) is 2. The summed E-state index contributed by atoms with van der Waals surface area (Å²) in [5.41, 5.74) is 8.61. The Kier molecular flexibility index (Phi) is 7.03. The summed E-state index contributed by atoms with van der Waals surface area (Å²) >= 11 is 0. The van der Waals surface area contributed by atoms with Crippen LogP contribution in [-0.4, -0.2) is 38.6 Å². The molecule has 3 heteroatoms. The van der Waals surface area contributed by atoms with Crippen molar-refractivity contribution >= 4 is 5.69 Å². The van der Waals surface area contributed by atoms with Gasteiger partial charge >= 0.3 is 0 Å². The fourth-order valence-corrected chi connectivity index (χ4v) is 2.26. The molecule has 1 aromatic carbocycles. The van der Waals surface area contributed by atoms with Crippen molar-refractivity contribution < 1.29 is 0 Å². The van der Waals surface area contributed by atoms with E-state index in [1.165, 1.54) is 11.3 Å². The third-order valence-corrected chi connectivity index (χ3v) is 3.53. The van der Waals surface area contributed by atoms with Gasteiger partial charge in [0.1, 0.15) is 0 Å². The van der Waals surface area contributed by atoms with Crippen molar-refractivity contribution in [2.24, 2.45) is 11.7 Å². The number of hydrogen-bond donors (Lipinski definition) is 1. The van der Waals surface area contributed by atoms with E-state index < -0.39 is 0 Å². The van der Waals surface area contributed by atoms with Crippen LogP contribution in [0.3, 0.4) is 0 Å². The van der Waals surface area contributed by atoms with Crippen LogP contribution in [0.15, 0.2) is 24.3 Å². The molecule has 114 valence electrons. The molecule has 0 aromatic heterocycles. The lowest BCUT2D eigenvalue weighted by molar-refractivity contribution is 0.409. The molecule has 0 saturated carbocycles. The van der Waals surface area contributed by atoms with E-state index in [1.54, 1.807) is 0 Å². The van der Waals surface area contributed by atoms with Gasteiger partial charge in [-0.25, -0.2) is 0 Å². The lowest BCUT2D eigenvalue weighted by atomic mass is 10.0. The fourth-order valence-electron chi connectivity index (χ4n) is 2.26. The smallest absolute Gasteiger partial charge is 0.0366 e. The van der Waals surface area contributed by atoms with Crippen LogP contribution in [0.25, 0.3) is 0 Å². The topological polar surface area (TPSA) is 32.5 Å². The molecule has 20 heavy (non-hydrogen) atoms. The highest BCUT2D eigenvalue weighted by atomic mass is 15.2. The summed E-state index contributed by atoms with van der Waals surface area (Å²) in [6, 6.07) is 8.93. The molecule has 1 unspecified atom stereocenters. The second-order valence-electron chi connectivity index (χ2n) is 6.25. The van der Waals surface area contributed by atoms with Crippen LogP contribution >= 0.6 is 0 Å². The zero-order chi connectivity index (χ0) is 15.1. The maximum absolute atomic E-state index is 6.08. The normalized spacial score (nSPS) is 13.0. The minimum Gasteiger partial charge on any atom is -0.370 e. The fraction of sp³-hybridized carbons (Fsp3) is 0.647. The zero-order valence-electron chi connectivity index (χ0n) is 13.8. The van der Waals surface area contributed by atoms with E-state index in [1.807, 2.05) is 0 Å². The minimum atomic E-state index is 0.157. The minimum absolute atomic E-state index is 0.157. The van der Waals surface area contributed by atoms with E-state index in [9.17, 15) is 0 Å². The molecule has 0 radical (unpaired) electrons.